The lowest BCUT2D eigenvalue weighted by atomic mass is 10.1. The standard InChI is InChI=1S/C20H12N2S/c1-2-7-14(8-3-1)17-20-18(22-12-21-17)16-11-10-13-6-4-5-9-15(13)19(16)23-20/h1-12H. The first kappa shape index (κ1) is 12.7. The average molecular weight is 312 g/mol. The van der Waals surface area contributed by atoms with E-state index in [4.69, 9.17) is 0 Å². The molecule has 5 rings (SSSR count). The summed E-state index contributed by atoms with van der Waals surface area (Å²) in [4.78, 5) is 9.11. The van der Waals surface area contributed by atoms with Crippen LogP contribution in [0.4, 0.5) is 0 Å². The van der Waals surface area contributed by atoms with Crippen LogP contribution >= 0.6 is 11.3 Å². The van der Waals surface area contributed by atoms with Crippen LogP contribution in [0.5, 0.6) is 0 Å². The third-order valence-electron chi connectivity index (χ3n) is 4.19. The molecule has 0 radical (unpaired) electrons. The first-order chi connectivity index (χ1) is 11.4. The molecule has 2 heterocycles. The van der Waals surface area contributed by atoms with Crippen molar-refractivity contribution < 1.29 is 0 Å². The average Bonchev–Trinajstić information content (AvgIpc) is 3.01. The fraction of sp³-hybridized carbons (Fsp3) is 0. The highest BCUT2D eigenvalue weighted by molar-refractivity contribution is 7.27. The van der Waals surface area contributed by atoms with Crippen LogP contribution in [0, 0.1) is 0 Å². The van der Waals surface area contributed by atoms with Crippen molar-refractivity contribution in [3.8, 4) is 11.3 Å². The Balaban J connectivity index is 1.95. The summed E-state index contributed by atoms with van der Waals surface area (Å²) in [6.45, 7) is 0. The van der Waals surface area contributed by atoms with Crippen LogP contribution in [0.2, 0.25) is 0 Å². The van der Waals surface area contributed by atoms with Crippen molar-refractivity contribution in [2.45, 2.75) is 0 Å². The van der Waals surface area contributed by atoms with E-state index >= 15 is 0 Å². The smallest absolute Gasteiger partial charge is 0.116 e. The Bertz CT molecular complexity index is 1160. The zero-order valence-electron chi connectivity index (χ0n) is 12.2. The fourth-order valence-electron chi connectivity index (χ4n) is 3.11. The third kappa shape index (κ3) is 1.87. The molecular weight excluding hydrogens is 300 g/mol. The maximum Gasteiger partial charge on any atom is 0.116 e. The lowest BCUT2D eigenvalue weighted by Gasteiger charge is -2.00. The number of benzene rings is 3. The van der Waals surface area contributed by atoms with Crippen molar-refractivity contribution in [2.75, 3.05) is 0 Å². The quantitative estimate of drug-likeness (QED) is 0.399. The van der Waals surface area contributed by atoms with E-state index in [0.29, 0.717) is 0 Å². The van der Waals surface area contributed by atoms with Crippen molar-refractivity contribution in [3.05, 3.63) is 73.1 Å². The van der Waals surface area contributed by atoms with E-state index in [1.807, 2.05) is 18.2 Å². The van der Waals surface area contributed by atoms with Gasteiger partial charge in [-0.3, -0.25) is 0 Å². The van der Waals surface area contributed by atoms with Crippen molar-refractivity contribution in [3.63, 3.8) is 0 Å². The van der Waals surface area contributed by atoms with E-state index < -0.39 is 0 Å². The molecular formula is C20H12N2S. The minimum absolute atomic E-state index is 1.01. The molecule has 0 bridgehead atoms. The lowest BCUT2D eigenvalue weighted by Crippen LogP contribution is -1.85. The highest BCUT2D eigenvalue weighted by Crippen LogP contribution is 2.40. The van der Waals surface area contributed by atoms with Gasteiger partial charge in [0, 0.05) is 15.6 Å². The predicted molar refractivity (Wildman–Crippen MR) is 97.9 cm³/mol. The van der Waals surface area contributed by atoms with Crippen molar-refractivity contribution in [1.29, 1.82) is 0 Å². The monoisotopic (exact) mass is 312 g/mol. The lowest BCUT2D eigenvalue weighted by molar-refractivity contribution is 1.24. The second-order valence-corrected chi connectivity index (χ2v) is 6.55. The Hall–Kier alpha value is -2.78. The second-order valence-electron chi connectivity index (χ2n) is 5.53. The highest BCUT2D eigenvalue weighted by atomic mass is 32.1. The molecule has 0 N–H and O–H groups in total. The number of hydrogen-bond donors (Lipinski definition) is 0. The molecule has 0 saturated heterocycles. The SMILES string of the molecule is c1ccc(-c2ncnc3c2sc2c4ccccc4ccc32)cc1. The maximum absolute atomic E-state index is 4.56. The minimum Gasteiger partial charge on any atom is -0.235 e. The Morgan fingerprint density at radius 1 is 0.652 bits per heavy atom. The third-order valence-corrected chi connectivity index (χ3v) is 5.42. The van der Waals surface area contributed by atoms with Gasteiger partial charge in [-0.15, -0.1) is 11.3 Å². The first-order valence-corrected chi connectivity index (χ1v) is 8.34. The molecule has 2 nitrogen and oxygen atoms in total. The molecule has 3 aromatic carbocycles. The molecule has 0 aliphatic carbocycles. The van der Waals surface area contributed by atoms with Gasteiger partial charge in [-0.25, -0.2) is 9.97 Å². The predicted octanol–water partition coefficient (Wildman–Crippen LogP) is 5.66. The zero-order valence-corrected chi connectivity index (χ0v) is 13.0. The molecule has 0 aliphatic heterocycles. The van der Waals surface area contributed by atoms with Crippen LogP contribution in [0.15, 0.2) is 73.1 Å². The maximum atomic E-state index is 4.56. The number of rotatable bonds is 1. The molecule has 23 heavy (non-hydrogen) atoms. The van der Waals surface area contributed by atoms with E-state index in [1.54, 1.807) is 17.7 Å². The summed E-state index contributed by atoms with van der Waals surface area (Å²) in [5.41, 5.74) is 3.20. The van der Waals surface area contributed by atoms with E-state index in [2.05, 4.69) is 58.5 Å². The Labute approximate surface area is 137 Å². The van der Waals surface area contributed by atoms with Crippen molar-refractivity contribution in [1.82, 2.24) is 9.97 Å². The molecule has 0 atom stereocenters. The summed E-state index contributed by atoms with van der Waals surface area (Å²) in [6, 6.07) is 23.2. The number of nitrogens with zero attached hydrogens (tertiary/aromatic N) is 2. The topological polar surface area (TPSA) is 25.8 Å². The van der Waals surface area contributed by atoms with Crippen LogP contribution in [0.25, 0.3) is 42.3 Å². The minimum atomic E-state index is 1.01. The molecule has 0 amide bonds. The van der Waals surface area contributed by atoms with E-state index in [0.717, 1.165) is 21.5 Å². The Kier molecular flexibility index (Phi) is 2.69. The zero-order chi connectivity index (χ0) is 15.2. The highest BCUT2D eigenvalue weighted by Gasteiger charge is 2.14. The van der Waals surface area contributed by atoms with Gasteiger partial charge in [-0.05, 0) is 10.8 Å². The fourth-order valence-corrected chi connectivity index (χ4v) is 4.41. The molecule has 0 aliphatic rings. The summed E-state index contributed by atoms with van der Waals surface area (Å²) in [6.07, 6.45) is 1.67. The number of aromatic nitrogens is 2. The molecule has 5 aromatic rings. The van der Waals surface area contributed by atoms with Crippen molar-refractivity contribution in [2.24, 2.45) is 0 Å². The molecule has 108 valence electrons. The van der Waals surface area contributed by atoms with E-state index in [-0.39, 0.29) is 0 Å². The van der Waals surface area contributed by atoms with Gasteiger partial charge in [0.25, 0.3) is 0 Å². The van der Waals surface area contributed by atoms with Crippen molar-refractivity contribution >= 4 is 42.4 Å². The van der Waals surface area contributed by atoms with Gasteiger partial charge < -0.3 is 0 Å². The van der Waals surface area contributed by atoms with Gasteiger partial charge in [0.1, 0.15) is 6.33 Å². The van der Waals surface area contributed by atoms with E-state index in [1.165, 1.54) is 20.9 Å². The van der Waals surface area contributed by atoms with Gasteiger partial charge in [0.2, 0.25) is 0 Å². The van der Waals surface area contributed by atoms with Crippen LogP contribution in [0.3, 0.4) is 0 Å². The van der Waals surface area contributed by atoms with Gasteiger partial charge in [0.05, 0.1) is 15.9 Å². The first-order valence-electron chi connectivity index (χ1n) is 7.52. The van der Waals surface area contributed by atoms with Crippen LogP contribution in [0.1, 0.15) is 0 Å². The summed E-state index contributed by atoms with van der Waals surface area (Å²) in [7, 11) is 0. The molecule has 0 fully saturated rings. The number of thiophene rings is 1. The molecule has 0 spiro atoms. The summed E-state index contributed by atoms with van der Waals surface area (Å²) in [5, 5.41) is 3.76. The molecule has 0 unspecified atom stereocenters. The number of fused-ring (bicyclic) bond motifs is 5. The normalized spacial score (nSPS) is 11.5. The van der Waals surface area contributed by atoms with Gasteiger partial charge in [0.15, 0.2) is 0 Å². The second kappa shape index (κ2) is 4.86. The van der Waals surface area contributed by atoms with Crippen LogP contribution in [-0.2, 0) is 0 Å². The Morgan fingerprint density at radius 3 is 2.39 bits per heavy atom. The summed E-state index contributed by atoms with van der Waals surface area (Å²) in [5.74, 6) is 0. The summed E-state index contributed by atoms with van der Waals surface area (Å²) < 4.78 is 2.45. The number of hydrogen-bond acceptors (Lipinski definition) is 3. The molecule has 0 saturated carbocycles. The van der Waals surface area contributed by atoms with Gasteiger partial charge in [-0.2, -0.15) is 0 Å². The molecule has 3 heteroatoms. The molecule has 2 aromatic heterocycles. The van der Waals surface area contributed by atoms with Crippen LogP contribution < -0.4 is 0 Å². The van der Waals surface area contributed by atoms with Gasteiger partial charge in [-0.1, -0.05) is 66.7 Å². The Morgan fingerprint density at radius 2 is 1.48 bits per heavy atom. The summed E-state index contributed by atoms with van der Waals surface area (Å²) >= 11 is 1.79. The van der Waals surface area contributed by atoms with Crippen LogP contribution in [-0.4, -0.2) is 9.97 Å². The van der Waals surface area contributed by atoms with Gasteiger partial charge >= 0.3 is 0 Å². The largest absolute Gasteiger partial charge is 0.235 e. The van der Waals surface area contributed by atoms with E-state index in [9.17, 15) is 0 Å².